The third-order valence-corrected chi connectivity index (χ3v) is 4.07. The first-order valence-electron chi connectivity index (χ1n) is 7.54. The van der Waals surface area contributed by atoms with Crippen LogP contribution in [0.3, 0.4) is 0 Å². The van der Waals surface area contributed by atoms with E-state index in [0.717, 1.165) is 10.9 Å². The normalized spacial score (nSPS) is 10.7. The summed E-state index contributed by atoms with van der Waals surface area (Å²) in [4.78, 5) is 16.1. The molecule has 1 aromatic heterocycles. The molecule has 1 heterocycles. The Kier molecular flexibility index (Phi) is 4.86. The monoisotopic (exact) mass is 359 g/mol. The van der Waals surface area contributed by atoms with E-state index < -0.39 is 11.8 Å². The van der Waals surface area contributed by atoms with Gasteiger partial charge in [-0.2, -0.15) is 0 Å². The lowest BCUT2D eigenvalue weighted by molar-refractivity contribution is 0.0594. The second kappa shape index (κ2) is 7.07. The SMILES string of the molecule is COC(=O)c1cc(OCc2ccc(F)cc2Cl)c2cc(C)ccc2n1. The zero-order valence-corrected chi connectivity index (χ0v) is 14.4. The Labute approximate surface area is 149 Å². The van der Waals surface area contributed by atoms with Crippen molar-refractivity contribution in [1.82, 2.24) is 4.98 Å². The molecule has 0 amide bonds. The van der Waals surface area contributed by atoms with Crippen LogP contribution < -0.4 is 4.74 Å². The Bertz CT molecular complexity index is 959. The van der Waals surface area contributed by atoms with Crippen LogP contribution in [-0.4, -0.2) is 18.1 Å². The van der Waals surface area contributed by atoms with Gasteiger partial charge in [0.2, 0.25) is 0 Å². The molecule has 0 aliphatic carbocycles. The molecule has 3 aromatic rings. The van der Waals surface area contributed by atoms with Crippen LogP contribution in [0.5, 0.6) is 5.75 Å². The van der Waals surface area contributed by atoms with Gasteiger partial charge in [-0.05, 0) is 31.2 Å². The molecule has 25 heavy (non-hydrogen) atoms. The molecule has 128 valence electrons. The number of aryl methyl sites for hydroxylation is 1. The van der Waals surface area contributed by atoms with Crippen LogP contribution in [0.1, 0.15) is 21.6 Å². The summed E-state index contributed by atoms with van der Waals surface area (Å²) in [6.07, 6.45) is 0. The summed E-state index contributed by atoms with van der Waals surface area (Å²) in [6, 6.07) is 11.3. The summed E-state index contributed by atoms with van der Waals surface area (Å²) in [5.41, 5.74) is 2.44. The first-order valence-corrected chi connectivity index (χ1v) is 7.92. The maximum atomic E-state index is 13.2. The number of carbonyl (C=O) groups excluding carboxylic acids is 1. The number of esters is 1. The zero-order valence-electron chi connectivity index (χ0n) is 13.7. The molecule has 0 aliphatic heterocycles. The number of carbonyl (C=O) groups is 1. The minimum atomic E-state index is -0.549. The van der Waals surface area contributed by atoms with Crippen molar-refractivity contribution in [2.45, 2.75) is 13.5 Å². The Morgan fingerprint density at radius 2 is 2.00 bits per heavy atom. The van der Waals surface area contributed by atoms with Gasteiger partial charge in [0.1, 0.15) is 18.2 Å². The molecule has 0 atom stereocenters. The Morgan fingerprint density at radius 1 is 1.20 bits per heavy atom. The van der Waals surface area contributed by atoms with Crippen molar-refractivity contribution in [2.75, 3.05) is 7.11 Å². The van der Waals surface area contributed by atoms with E-state index in [1.807, 2.05) is 25.1 Å². The molecule has 0 saturated heterocycles. The lowest BCUT2D eigenvalue weighted by Gasteiger charge is -2.12. The number of rotatable bonds is 4. The number of nitrogens with zero attached hydrogens (tertiary/aromatic N) is 1. The molecule has 0 bridgehead atoms. The van der Waals surface area contributed by atoms with Gasteiger partial charge in [0.05, 0.1) is 17.6 Å². The Hall–Kier alpha value is -2.66. The lowest BCUT2D eigenvalue weighted by Crippen LogP contribution is -2.06. The van der Waals surface area contributed by atoms with E-state index in [2.05, 4.69) is 4.98 Å². The number of hydrogen-bond acceptors (Lipinski definition) is 4. The molecular formula is C19H15ClFNO3. The van der Waals surface area contributed by atoms with Gasteiger partial charge in [0.25, 0.3) is 0 Å². The fraction of sp³-hybridized carbons (Fsp3) is 0.158. The van der Waals surface area contributed by atoms with E-state index in [4.69, 9.17) is 21.1 Å². The molecule has 0 fully saturated rings. The summed E-state index contributed by atoms with van der Waals surface area (Å²) in [6.45, 7) is 2.08. The topological polar surface area (TPSA) is 48.4 Å². The van der Waals surface area contributed by atoms with Crippen molar-refractivity contribution in [3.63, 3.8) is 0 Å². The van der Waals surface area contributed by atoms with Crippen LogP contribution in [0.25, 0.3) is 10.9 Å². The quantitative estimate of drug-likeness (QED) is 0.633. The molecule has 3 rings (SSSR count). The first kappa shape index (κ1) is 17.2. The number of hydrogen-bond donors (Lipinski definition) is 0. The smallest absolute Gasteiger partial charge is 0.356 e. The van der Waals surface area contributed by atoms with Crippen LogP contribution in [0.15, 0.2) is 42.5 Å². The number of aromatic nitrogens is 1. The third kappa shape index (κ3) is 3.72. The number of benzene rings is 2. The zero-order chi connectivity index (χ0) is 18.0. The van der Waals surface area contributed by atoms with Crippen LogP contribution in [0, 0.1) is 12.7 Å². The highest BCUT2D eigenvalue weighted by Gasteiger charge is 2.14. The van der Waals surface area contributed by atoms with E-state index >= 15 is 0 Å². The van der Waals surface area contributed by atoms with E-state index in [1.165, 1.54) is 25.3 Å². The van der Waals surface area contributed by atoms with Gasteiger partial charge in [-0.3, -0.25) is 0 Å². The molecule has 6 heteroatoms. The van der Waals surface area contributed by atoms with E-state index in [-0.39, 0.29) is 17.3 Å². The van der Waals surface area contributed by atoms with E-state index in [9.17, 15) is 9.18 Å². The predicted octanol–water partition coefficient (Wildman–Crippen LogP) is 4.70. The van der Waals surface area contributed by atoms with Crippen molar-refractivity contribution in [3.05, 3.63) is 70.1 Å². The predicted molar refractivity (Wildman–Crippen MR) is 93.6 cm³/mol. The second-order valence-corrected chi connectivity index (χ2v) is 5.95. The number of ether oxygens (including phenoxy) is 2. The Balaban J connectivity index is 2.00. The van der Waals surface area contributed by atoms with Crippen molar-refractivity contribution >= 4 is 28.5 Å². The molecular weight excluding hydrogens is 345 g/mol. The lowest BCUT2D eigenvalue weighted by atomic mass is 10.1. The second-order valence-electron chi connectivity index (χ2n) is 5.54. The molecule has 0 radical (unpaired) electrons. The summed E-state index contributed by atoms with van der Waals surface area (Å²) >= 11 is 6.04. The van der Waals surface area contributed by atoms with E-state index in [1.54, 1.807) is 6.07 Å². The molecule has 0 spiro atoms. The van der Waals surface area contributed by atoms with Gasteiger partial charge in [-0.25, -0.2) is 14.2 Å². The molecule has 0 aliphatic rings. The molecule has 0 saturated carbocycles. The summed E-state index contributed by atoms with van der Waals surface area (Å²) < 4.78 is 23.8. The van der Waals surface area contributed by atoms with E-state index in [0.29, 0.717) is 16.8 Å². The highest BCUT2D eigenvalue weighted by atomic mass is 35.5. The van der Waals surface area contributed by atoms with Gasteiger partial charge in [0, 0.05) is 17.0 Å². The van der Waals surface area contributed by atoms with Gasteiger partial charge < -0.3 is 9.47 Å². The summed E-state index contributed by atoms with van der Waals surface area (Å²) in [5.74, 6) is -0.478. The van der Waals surface area contributed by atoms with Crippen molar-refractivity contribution in [1.29, 1.82) is 0 Å². The molecule has 4 nitrogen and oxygen atoms in total. The van der Waals surface area contributed by atoms with Gasteiger partial charge >= 0.3 is 5.97 Å². The first-order chi connectivity index (χ1) is 12.0. The Morgan fingerprint density at radius 3 is 2.72 bits per heavy atom. The fourth-order valence-electron chi connectivity index (χ4n) is 2.43. The van der Waals surface area contributed by atoms with Crippen LogP contribution >= 0.6 is 11.6 Å². The number of halogens is 2. The maximum Gasteiger partial charge on any atom is 0.356 e. The minimum absolute atomic E-state index is 0.132. The van der Waals surface area contributed by atoms with Crippen LogP contribution in [-0.2, 0) is 11.3 Å². The average molecular weight is 360 g/mol. The molecule has 2 aromatic carbocycles. The molecule has 0 N–H and O–H groups in total. The largest absolute Gasteiger partial charge is 0.488 e. The fourth-order valence-corrected chi connectivity index (χ4v) is 2.65. The summed E-state index contributed by atoms with van der Waals surface area (Å²) in [7, 11) is 1.29. The standard InChI is InChI=1S/C19H15ClFNO3/c1-11-3-6-16-14(7-11)18(9-17(22-16)19(23)24-2)25-10-12-4-5-13(21)8-15(12)20/h3-9H,10H2,1-2H3. The highest BCUT2D eigenvalue weighted by Crippen LogP contribution is 2.28. The summed E-state index contributed by atoms with van der Waals surface area (Å²) in [5, 5.41) is 1.05. The van der Waals surface area contributed by atoms with Gasteiger partial charge in [-0.15, -0.1) is 0 Å². The highest BCUT2D eigenvalue weighted by molar-refractivity contribution is 6.31. The van der Waals surface area contributed by atoms with Crippen molar-refractivity contribution < 1.29 is 18.7 Å². The number of fused-ring (bicyclic) bond motifs is 1. The number of methoxy groups -OCH3 is 1. The third-order valence-electron chi connectivity index (χ3n) is 3.72. The minimum Gasteiger partial charge on any atom is -0.488 e. The number of pyridine rings is 1. The maximum absolute atomic E-state index is 13.2. The molecule has 0 unspecified atom stereocenters. The van der Waals surface area contributed by atoms with Gasteiger partial charge in [0.15, 0.2) is 5.69 Å². The van der Waals surface area contributed by atoms with Crippen molar-refractivity contribution in [2.24, 2.45) is 0 Å². The van der Waals surface area contributed by atoms with Gasteiger partial charge in [-0.1, -0.05) is 29.3 Å². The van der Waals surface area contributed by atoms with Crippen LogP contribution in [0.2, 0.25) is 5.02 Å². The average Bonchev–Trinajstić information content (AvgIpc) is 2.60. The van der Waals surface area contributed by atoms with Crippen LogP contribution in [0.4, 0.5) is 4.39 Å². The van der Waals surface area contributed by atoms with Crippen molar-refractivity contribution in [3.8, 4) is 5.75 Å².